The molecule has 90 valence electrons. The third-order valence-electron chi connectivity index (χ3n) is 2.88. The van der Waals surface area contributed by atoms with Crippen molar-refractivity contribution in [2.75, 3.05) is 26.2 Å². The van der Waals surface area contributed by atoms with Crippen molar-refractivity contribution >= 4 is 7.25 Å². The van der Waals surface area contributed by atoms with Crippen molar-refractivity contribution < 1.29 is 21.9 Å². The molecule has 0 amide bonds. The standard InChI is InChI=1S/C8H17N2.BF4/c1-2-6-10(9-5-1)7-3-4-8-10;2-1(3,4)5/h9H,1-8H2;/q+1;-1. The molecule has 7 heteroatoms. The number of hydrogen-bond donors (Lipinski definition) is 1. The van der Waals surface area contributed by atoms with Gasteiger partial charge in [-0.05, 0) is 12.8 Å². The molecular weight excluding hydrogens is 211 g/mol. The largest absolute Gasteiger partial charge is 0.673 e. The van der Waals surface area contributed by atoms with Crippen LogP contribution >= 0.6 is 0 Å². The number of nitrogens with zero attached hydrogens (tertiary/aromatic N) is 1. The zero-order valence-electron chi connectivity index (χ0n) is 8.69. The summed E-state index contributed by atoms with van der Waals surface area (Å²) < 4.78 is 40.2. The van der Waals surface area contributed by atoms with Crippen LogP contribution in [0, 0.1) is 0 Å². The molecule has 0 aromatic carbocycles. The zero-order chi connectivity index (χ0) is 11.4. The molecule has 1 N–H and O–H groups in total. The highest BCUT2D eigenvalue weighted by molar-refractivity contribution is 6.50. The van der Waals surface area contributed by atoms with Gasteiger partial charge in [0.25, 0.3) is 0 Å². The summed E-state index contributed by atoms with van der Waals surface area (Å²) in [5.41, 5.74) is 3.63. The smallest absolute Gasteiger partial charge is 0.418 e. The number of halogens is 4. The van der Waals surface area contributed by atoms with E-state index in [0.717, 1.165) is 0 Å². The van der Waals surface area contributed by atoms with Crippen LogP contribution in [0.3, 0.4) is 0 Å². The second kappa shape index (κ2) is 5.16. The van der Waals surface area contributed by atoms with Crippen LogP contribution in [-0.2, 0) is 0 Å². The Morgan fingerprint density at radius 3 is 1.53 bits per heavy atom. The second-order valence-corrected chi connectivity index (χ2v) is 4.13. The van der Waals surface area contributed by atoms with Gasteiger partial charge in [0.05, 0.1) is 19.6 Å². The summed E-state index contributed by atoms with van der Waals surface area (Å²) in [6, 6.07) is 0. The Hall–Kier alpha value is -0.295. The van der Waals surface area contributed by atoms with Gasteiger partial charge in [0.2, 0.25) is 0 Å². The SMILES string of the molecule is C1CC[N+]2(CCCC2)NC1.F[B-](F)(F)F. The summed E-state index contributed by atoms with van der Waals surface area (Å²) in [6.45, 7) is 5.42. The summed E-state index contributed by atoms with van der Waals surface area (Å²) >= 11 is 0. The minimum Gasteiger partial charge on any atom is -0.418 e. The predicted octanol–water partition coefficient (Wildman–Crippen LogP) is 2.20. The first kappa shape index (κ1) is 12.8. The van der Waals surface area contributed by atoms with E-state index in [1.807, 2.05) is 0 Å². The van der Waals surface area contributed by atoms with Crippen molar-refractivity contribution in [3.05, 3.63) is 0 Å². The van der Waals surface area contributed by atoms with Gasteiger partial charge in [0.15, 0.2) is 0 Å². The van der Waals surface area contributed by atoms with E-state index in [1.165, 1.54) is 56.5 Å². The summed E-state index contributed by atoms with van der Waals surface area (Å²) in [6.07, 6.45) is 5.70. The van der Waals surface area contributed by atoms with E-state index in [9.17, 15) is 17.3 Å². The molecule has 2 aliphatic heterocycles. The van der Waals surface area contributed by atoms with E-state index in [1.54, 1.807) is 0 Å². The fourth-order valence-electron chi connectivity index (χ4n) is 2.26. The van der Waals surface area contributed by atoms with Gasteiger partial charge < -0.3 is 17.3 Å². The molecule has 15 heavy (non-hydrogen) atoms. The van der Waals surface area contributed by atoms with Crippen molar-refractivity contribution in [1.82, 2.24) is 5.43 Å². The van der Waals surface area contributed by atoms with Crippen LogP contribution < -0.4 is 5.43 Å². The molecule has 2 heterocycles. The van der Waals surface area contributed by atoms with E-state index < -0.39 is 7.25 Å². The fourth-order valence-corrected chi connectivity index (χ4v) is 2.26. The number of quaternary nitrogens is 1. The van der Waals surface area contributed by atoms with Gasteiger partial charge in [-0.2, -0.15) is 5.43 Å². The molecule has 2 saturated heterocycles. The Kier molecular flexibility index (Phi) is 4.39. The molecule has 2 rings (SSSR count). The Balaban J connectivity index is 0.000000195. The second-order valence-electron chi connectivity index (χ2n) is 4.13. The number of nitrogens with one attached hydrogen (secondary N) is 1. The highest BCUT2D eigenvalue weighted by Crippen LogP contribution is 2.19. The molecule has 0 aromatic heterocycles. The van der Waals surface area contributed by atoms with E-state index in [2.05, 4.69) is 5.43 Å². The monoisotopic (exact) mass is 228 g/mol. The van der Waals surface area contributed by atoms with Crippen molar-refractivity contribution in [3.63, 3.8) is 0 Å². The van der Waals surface area contributed by atoms with Crippen LogP contribution in [-0.4, -0.2) is 38.0 Å². The van der Waals surface area contributed by atoms with Gasteiger partial charge in [-0.15, -0.1) is 0 Å². The first-order valence-corrected chi connectivity index (χ1v) is 5.40. The molecular formula is C8H17BF4N2. The summed E-state index contributed by atoms with van der Waals surface area (Å²) in [4.78, 5) is 0. The average molecular weight is 228 g/mol. The lowest BCUT2D eigenvalue weighted by Gasteiger charge is -2.37. The highest BCUT2D eigenvalue weighted by atomic mass is 19.5. The molecule has 1 spiro atoms. The molecule has 0 bridgehead atoms. The van der Waals surface area contributed by atoms with Crippen molar-refractivity contribution in [2.45, 2.75) is 25.7 Å². The lowest BCUT2D eigenvalue weighted by molar-refractivity contribution is -0.963. The maximum Gasteiger partial charge on any atom is 0.673 e. The normalized spacial score (nSPS) is 24.8. The Morgan fingerprint density at radius 2 is 1.20 bits per heavy atom. The summed E-state index contributed by atoms with van der Waals surface area (Å²) in [5, 5.41) is 0. The maximum atomic E-state index is 9.75. The van der Waals surface area contributed by atoms with Gasteiger partial charge in [0, 0.05) is 19.4 Å². The topological polar surface area (TPSA) is 12.0 Å². The minimum atomic E-state index is -6.00. The molecule has 2 fully saturated rings. The fraction of sp³-hybridized carbons (Fsp3) is 1.00. The molecule has 2 aliphatic rings. The summed E-state index contributed by atoms with van der Waals surface area (Å²) in [5.74, 6) is 0. The van der Waals surface area contributed by atoms with E-state index in [-0.39, 0.29) is 0 Å². The maximum absolute atomic E-state index is 9.75. The Labute approximate surface area is 87.3 Å². The van der Waals surface area contributed by atoms with Crippen LogP contribution in [0.4, 0.5) is 17.3 Å². The zero-order valence-corrected chi connectivity index (χ0v) is 8.69. The Bertz CT molecular complexity index is 178. The molecule has 0 aromatic rings. The first-order valence-electron chi connectivity index (χ1n) is 5.40. The van der Waals surface area contributed by atoms with Crippen molar-refractivity contribution in [3.8, 4) is 0 Å². The molecule has 2 nitrogen and oxygen atoms in total. The summed E-state index contributed by atoms with van der Waals surface area (Å²) in [7, 11) is -6.00. The van der Waals surface area contributed by atoms with Gasteiger partial charge in [-0.1, -0.05) is 0 Å². The van der Waals surface area contributed by atoms with E-state index >= 15 is 0 Å². The molecule has 0 aliphatic carbocycles. The lowest BCUT2D eigenvalue weighted by atomic mass is 10.2. The van der Waals surface area contributed by atoms with Gasteiger partial charge >= 0.3 is 7.25 Å². The molecule has 0 atom stereocenters. The van der Waals surface area contributed by atoms with Crippen LogP contribution in [0.5, 0.6) is 0 Å². The average Bonchev–Trinajstić information content (AvgIpc) is 2.52. The van der Waals surface area contributed by atoms with Crippen molar-refractivity contribution in [2.24, 2.45) is 0 Å². The number of rotatable bonds is 0. The predicted molar refractivity (Wildman–Crippen MR) is 51.5 cm³/mol. The van der Waals surface area contributed by atoms with Crippen LogP contribution in [0.1, 0.15) is 25.7 Å². The third-order valence-corrected chi connectivity index (χ3v) is 2.88. The number of hydrogen-bond acceptors (Lipinski definition) is 1. The van der Waals surface area contributed by atoms with Crippen LogP contribution in [0.25, 0.3) is 0 Å². The van der Waals surface area contributed by atoms with Gasteiger partial charge in [-0.3, -0.25) is 0 Å². The molecule has 0 unspecified atom stereocenters. The van der Waals surface area contributed by atoms with Crippen LogP contribution in [0.2, 0.25) is 0 Å². The quantitative estimate of drug-likeness (QED) is 0.380. The van der Waals surface area contributed by atoms with E-state index in [4.69, 9.17) is 0 Å². The molecule has 0 saturated carbocycles. The van der Waals surface area contributed by atoms with Crippen molar-refractivity contribution in [1.29, 1.82) is 0 Å². The highest BCUT2D eigenvalue weighted by Gasteiger charge is 2.33. The van der Waals surface area contributed by atoms with Gasteiger partial charge in [0.1, 0.15) is 0 Å². The first-order chi connectivity index (χ1) is 6.91. The third kappa shape index (κ3) is 5.37. The van der Waals surface area contributed by atoms with E-state index in [0.29, 0.717) is 0 Å². The molecule has 0 radical (unpaired) electrons. The van der Waals surface area contributed by atoms with Gasteiger partial charge in [-0.25, -0.2) is 4.59 Å². The minimum absolute atomic E-state index is 1.25. The Morgan fingerprint density at radius 1 is 0.800 bits per heavy atom. The van der Waals surface area contributed by atoms with Crippen LogP contribution in [0.15, 0.2) is 0 Å². The lowest BCUT2D eigenvalue weighted by Crippen LogP contribution is -2.59.